The average molecular weight is 226 g/mol. The molecule has 0 saturated carbocycles. The summed E-state index contributed by atoms with van der Waals surface area (Å²) in [5.41, 5.74) is 1.65. The van der Waals surface area contributed by atoms with Gasteiger partial charge in [-0.15, -0.1) is 0 Å². The predicted octanol–water partition coefficient (Wildman–Crippen LogP) is 2.57. The van der Waals surface area contributed by atoms with E-state index >= 15 is 0 Å². The number of phenolic OH excluding ortho intramolecular Hbond substituents is 1. The number of halogens is 1. The zero-order valence-corrected chi connectivity index (χ0v) is 9.14. The van der Waals surface area contributed by atoms with Crippen molar-refractivity contribution < 1.29 is 9.90 Å². The van der Waals surface area contributed by atoms with Crippen molar-refractivity contribution in [2.75, 3.05) is 5.32 Å². The number of rotatable bonds is 0. The normalized spacial score (nSPS) is 20.4. The van der Waals surface area contributed by atoms with Crippen molar-refractivity contribution in [3.05, 3.63) is 22.7 Å². The van der Waals surface area contributed by atoms with Gasteiger partial charge >= 0.3 is 0 Å². The molecule has 1 amide bonds. The van der Waals surface area contributed by atoms with E-state index < -0.39 is 0 Å². The second kappa shape index (κ2) is 3.74. The van der Waals surface area contributed by atoms with Crippen LogP contribution in [-0.2, 0) is 11.2 Å². The maximum absolute atomic E-state index is 11.5. The lowest BCUT2D eigenvalue weighted by Gasteiger charge is -2.08. The van der Waals surface area contributed by atoms with Crippen molar-refractivity contribution in [1.82, 2.24) is 0 Å². The van der Waals surface area contributed by atoms with Crippen molar-refractivity contribution in [1.29, 1.82) is 0 Å². The van der Waals surface area contributed by atoms with Crippen LogP contribution in [0.2, 0.25) is 5.02 Å². The van der Waals surface area contributed by atoms with Gasteiger partial charge < -0.3 is 10.4 Å². The van der Waals surface area contributed by atoms with Crippen LogP contribution in [0.4, 0.5) is 5.69 Å². The number of aryl methyl sites for hydroxylation is 1. The highest BCUT2D eigenvalue weighted by Crippen LogP contribution is 2.33. The van der Waals surface area contributed by atoms with E-state index in [1.807, 2.05) is 6.92 Å². The molecule has 1 heterocycles. The number of hydrogen-bond donors (Lipinski definition) is 2. The molecule has 1 aliphatic rings. The number of aromatic hydroxyl groups is 1. The lowest BCUT2D eigenvalue weighted by molar-refractivity contribution is -0.119. The van der Waals surface area contributed by atoms with E-state index in [9.17, 15) is 9.90 Å². The molecule has 0 bridgehead atoms. The molecule has 1 aromatic carbocycles. The van der Waals surface area contributed by atoms with Crippen molar-refractivity contribution >= 4 is 23.2 Å². The van der Waals surface area contributed by atoms with Gasteiger partial charge in [0, 0.05) is 17.7 Å². The second-order valence-corrected chi connectivity index (χ2v) is 4.30. The summed E-state index contributed by atoms with van der Waals surface area (Å²) in [4.78, 5) is 11.5. The van der Waals surface area contributed by atoms with Crippen LogP contribution >= 0.6 is 11.6 Å². The number of fused-ring (bicyclic) bond motifs is 1. The largest absolute Gasteiger partial charge is 0.506 e. The van der Waals surface area contributed by atoms with Crippen molar-refractivity contribution in [3.8, 4) is 5.75 Å². The first kappa shape index (κ1) is 10.3. The monoisotopic (exact) mass is 225 g/mol. The fraction of sp³-hybridized carbons (Fsp3) is 0.364. The van der Waals surface area contributed by atoms with Crippen LogP contribution in [-0.4, -0.2) is 11.0 Å². The van der Waals surface area contributed by atoms with Crippen molar-refractivity contribution in [3.63, 3.8) is 0 Å². The summed E-state index contributed by atoms with van der Waals surface area (Å²) in [5.74, 6) is -0.000870. The van der Waals surface area contributed by atoms with Crippen molar-refractivity contribution in [2.45, 2.75) is 19.8 Å². The van der Waals surface area contributed by atoms with Gasteiger partial charge in [-0.2, -0.15) is 0 Å². The van der Waals surface area contributed by atoms with Gasteiger partial charge in [-0.1, -0.05) is 18.5 Å². The van der Waals surface area contributed by atoms with Gasteiger partial charge in [-0.25, -0.2) is 0 Å². The number of anilines is 1. The van der Waals surface area contributed by atoms with Crippen LogP contribution in [0.15, 0.2) is 12.1 Å². The van der Waals surface area contributed by atoms with Gasteiger partial charge in [-0.3, -0.25) is 4.79 Å². The fourth-order valence-electron chi connectivity index (χ4n) is 1.69. The molecule has 0 saturated heterocycles. The maximum Gasteiger partial charge on any atom is 0.227 e. The molecular formula is C11H12ClNO2. The van der Waals surface area contributed by atoms with Gasteiger partial charge in [0.15, 0.2) is 0 Å². The smallest absolute Gasteiger partial charge is 0.227 e. The number of hydrogen-bond acceptors (Lipinski definition) is 2. The van der Waals surface area contributed by atoms with E-state index in [4.69, 9.17) is 11.6 Å². The third kappa shape index (κ3) is 1.92. The molecule has 1 aliphatic heterocycles. The molecule has 1 aromatic rings. The fourth-order valence-corrected chi connectivity index (χ4v) is 1.87. The summed E-state index contributed by atoms with van der Waals surface area (Å²) in [6, 6.07) is 3.22. The van der Waals surface area contributed by atoms with Crippen LogP contribution < -0.4 is 5.32 Å². The minimum absolute atomic E-state index is 0.00156. The topological polar surface area (TPSA) is 49.3 Å². The lowest BCUT2D eigenvalue weighted by atomic mass is 10.0. The van der Waals surface area contributed by atoms with Crippen molar-refractivity contribution in [2.24, 2.45) is 5.92 Å². The first-order chi connectivity index (χ1) is 7.08. The summed E-state index contributed by atoms with van der Waals surface area (Å²) in [6.07, 6.45) is 1.61. The Balaban J connectivity index is 2.43. The standard InChI is InChI=1S/C11H12ClNO2/c1-6-2-3-7-4-8(12)10(14)5-9(7)13-11(6)15/h4-6,14H,2-3H2,1H3,(H,13,15). The summed E-state index contributed by atoms with van der Waals surface area (Å²) in [5, 5.41) is 12.5. The van der Waals surface area contributed by atoms with Gasteiger partial charge in [-0.05, 0) is 24.5 Å². The summed E-state index contributed by atoms with van der Waals surface area (Å²) >= 11 is 5.81. The molecular weight excluding hydrogens is 214 g/mol. The molecule has 80 valence electrons. The molecule has 0 fully saturated rings. The number of amides is 1. The van der Waals surface area contributed by atoms with Crippen LogP contribution in [0, 0.1) is 5.92 Å². The Labute approximate surface area is 93.1 Å². The number of benzene rings is 1. The molecule has 3 nitrogen and oxygen atoms in total. The molecule has 15 heavy (non-hydrogen) atoms. The molecule has 0 aliphatic carbocycles. The predicted molar refractivity (Wildman–Crippen MR) is 59.2 cm³/mol. The Hall–Kier alpha value is -1.22. The van der Waals surface area contributed by atoms with E-state index in [0.29, 0.717) is 10.7 Å². The SMILES string of the molecule is CC1CCc2cc(Cl)c(O)cc2NC1=O. The van der Waals surface area contributed by atoms with Crippen LogP contribution in [0.5, 0.6) is 5.75 Å². The number of nitrogens with one attached hydrogen (secondary N) is 1. The zero-order valence-electron chi connectivity index (χ0n) is 8.38. The molecule has 2 rings (SSSR count). The van der Waals surface area contributed by atoms with Gasteiger partial charge in [0.25, 0.3) is 0 Å². The first-order valence-electron chi connectivity index (χ1n) is 4.90. The third-order valence-electron chi connectivity index (χ3n) is 2.72. The van der Waals surface area contributed by atoms with E-state index in [0.717, 1.165) is 18.4 Å². The summed E-state index contributed by atoms with van der Waals surface area (Å²) < 4.78 is 0. The summed E-state index contributed by atoms with van der Waals surface area (Å²) in [6.45, 7) is 1.89. The van der Waals surface area contributed by atoms with Crippen LogP contribution in [0.3, 0.4) is 0 Å². The Morgan fingerprint density at radius 3 is 3.00 bits per heavy atom. The Morgan fingerprint density at radius 2 is 2.27 bits per heavy atom. The molecule has 1 unspecified atom stereocenters. The van der Waals surface area contributed by atoms with E-state index in [-0.39, 0.29) is 17.6 Å². The van der Waals surface area contributed by atoms with Gasteiger partial charge in [0.2, 0.25) is 5.91 Å². The van der Waals surface area contributed by atoms with Gasteiger partial charge in [0.1, 0.15) is 5.75 Å². The van der Waals surface area contributed by atoms with E-state index in [1.165, 1.54) is 6.07 Å². The Morgan fingerprint density at radius 1 is 1.53 bits per heavy atom. The third-order valence-corrected chi connectivity index (χ3v) is 3.03. The van der Waals surface area contributed by atoms with Crippen LogP contribution in [0.25, 0.3) is 0 Å². The number of carbonyl (C=O) groups is 1. The highest BCUT2D eigenvalue weighted by molar-refractivity contribution is 6.32. The van der Waals surface area contributed by atoms with E-state index in [2.05, 4.69) is 5.32 Å². The number of carbonyl (C=O) groups excluding carboxylic acids is 1. The highest BCUT2D eigenvalue weighted by Gasteiger charge is 2.20. The lowest BCUT2D eigenvalue weighted by Crippen LogP contribution is -2.18. The Bertz CT molecular complexity index is 417. The zero-order chi connectivity index (χ0) is 11.0. The number of phenols is 1. The minimum Gasteiger partial charge on any atom is -0.506 e. The maximum atomic E-state index is 11.5. The molecule has 2 N–H and O–H groups in total. The molecule has 4 heteroatoms. The molecule has 0 aromatic heterocycles. The quantitative estimate of drug-likeness (QED) is 0.713. The average Bonchev–Trinajstić information content (AvgIpc) is 2.31. The molecule has 0 radical (unpaired) electrons. The first-order valence-corrected chi connectivity index (χ1v) is 5.28. The minimum atomic E-state index is -0.00419. The molecule has 1 atom stereocenters. The van der Waals surface area contributed by atoms with Crippen LogP contribution in [0.1, 0.15) is 18.9 Å². The highest BCUT2D eigenvalue weighted by atomic mass is 35.5. The van der Waals surface area contributed by atoms with E-state index in [1.54, 1.807) is 6.07 Å². The van der Waals surface area contributed by atoms with Gasteiger partial charge in [0.05, 0.1) is 5.02 Å². The molecule has 0 spiro atoms. The summed E-state index contributed by atoms with van der Waals surface area (Å²) in [7, 11) is 0. The second-order valence-electron chi connectivity index (χ2n) is 3.89. The Kier molecular flexibility index (Phi) is 2.57.